The Morgan fingerprint density at radius 1 is 1.55 bits per heavy atom. The number of aromatic nitrogens is 2. The van der Waals surface area contributed by atoms with Crippen molar-refractivity contribution in [3.63, 3.8) is 0 Å². The van der Waals surface area contributed by atoms with Crippen LogP contribution in [0, 0.1) is 12.7 Å². The van der Waals surface area contributed by atoms with Gasteiger partial charge in [0.25, 0.3) is 0 Å². The van der Waals surface area contributed by atoms with Crippen molar-refractivity contribution >= 4 is 29.3 Å². The second-order valence-corrected chi connectivity index (χ2v) is 5.57. The van der Waals surface area contributed by atoms with E-state index in [1.165, 1.54) is 6.07 Å². The van der Waals surface area contributed by atoms with Gasteiger partial charge in [0.1, 0.15) is 5.82 Å². The number of nitrogens with zero attached hydrogens (tertiary/aromatic N) is 2. The average Bonchev–Trinajstić information content (AvgIpc) is 2.71. The molecule has 1 aromatic heterocycles. The molecule has 2 aromatic rings. The molecule has 20 heavy (non-hydrogen) atoms. The number of carboxylic acids is 1. The van der Waals surface area contributed by atoms with Gasteiger partial charge in [0.2, 0.25) is 0 Å². The first-order valence-corrected chi connectivity index (χ1v) is 7.14. The lowest BCUT2D eigenvalue weighted by atomic mass is 10.2. The van der Waals surface area contributed by atoms with E-state index >= 15 is 0 Å². The summed E-state index contributed by atoms with van der Waals surface area (Å²) in [5.41, 5.74) is 1.62. The molecule has 0 aliphatic carbocycles. The summed E-state index contributed by atoms with van der Waals surface area (Å²) < 4.78 is 14.9. The second kappa shape index (κ2) is 6.28. The Labute approximate surface area is 124 Å². The molecule has 2 rings (SSSR count). The number of thioether (sulfide) groups is 1. The highest BCUT2D eigenvalue weighted by Gasteiger charge is 2.10. The third-order valence-corrected chi connectivity index (χ3v) is 3.79. The highest BCUT2D eigenvalue weighted by atomic mass is 35.5. The first-order chi connectivity index (χ1) is 9.45. The third kappa shape index (κ3) is 3.74. The summed E-state index contributed by atoms with van der Waals surface area (Å²) in [5.74, 6) is -1.41. The van der Waals surface area contributed by atoms with Gasteiger partial charge >= 0.3 is 5.97 Å². The molecule has 1 N–H and O–H groups in total. The van der Waals surface area contributed by atoms with E-state index in [9.17, 15) is 9.18 Å². The van der Waals surface area contributed by atoms with E-state index in [2.05, 4.69) is 4.98 Å². The van der Waals surface area contributed by atoms with Crippen LogP contribution >= 0.6 is 23.4 Å². The number of aryl methyl sites for hydroxylation is 1. The standard InChI is InChI=1S/C13H12ClFN2O2S/c1-8-5-17(13(16-8)20-7-12(18)19)6-9-2-3-11(15)10(14)4-9/h2-5H,6-7H2,1H3,(H,18,19). The molecule has 0 bridgehead atoms. The smallest absolute Gasteiger partial charge is 0.313 e. The molecule has 0 fully saturated rings. The molecule has 7 heteroatoms. The number of halogens is 2. The fraction of sp³-hybridized carbons (Fsp3) is 0.231. The molecule has 0 atom stereocenters. The number of carboxylic acid groups (broad SMARTS) is 1. The average molecular weight is 315 g/mol. The van der Waals surface area contributed by atoms with Crippen molar-refractivity contribution in [2.24, 2.45) is 0 Å². The lowest BCUT2D eigenvalue weighted by Gasteiger charge is -2.07. The van der Waals surface area contributed by atoms with Crippen molar-refractivity contribution in [2.45, 2.75) is 18.6 Å². The maximum Gasteiger partial charge on any atom is 0.313 e. The van der Waals surface area contributed by atoms with E-state index in [0.717, 1.165) is 23.0 Å². The fourth-order valence-corrected chi connectivity index (χ4v) is 2.66. The minimum Gasteiger partial charge on any atom is -0.481 e. The van der Waals surface area contributed by atoms with Gasteiger partial charge in [-0.3, -0.25) is 4.79 Å². The van der Waals surface area contributed by atoms with Crippen LogP contribution in [0.25, 0.3) is 0 Å². The molecular weight excluding hydrogens is 303 g/mol. The highest BCUT2D eigenvalue weighted by Crippen LogP contribution is 2.21. The number of aliphatic carboxylic acids is 1. The number of benzene rings is 1. The molecule has 1 aromatic carbocycles. The first kappa shape index (κ1) is 14.9. The largest absolute Gasteiger partial charge is 0.481 e. The van der Waals surface area contributed by atoms with Crippen LogP contribution in [0.1, 0.15) is 11.3 Å². The first-order valence-electron chi connectivity index (χ1n) is 5.78. The number of hydrogen-bond donors (Lipinski definition) is 1. The van der Waals surface area contributed by atoms with E-state index in [1.807, 2.05) is 17.7 Å². The van der Waals surface area contributed by atoms with Crippen LogP contribution in [0.2, 0.25) is 5.02 Å². The molecule has 0 amide bonds. The molecular formula is C13H12ClFN2O2S. The molecule has 106 valence electrons. The molecule has 4 nitrogen and oxygen atoms in total. The van der Waals surface area contributed by atoms with Gasteiger partial charge in [0, 0.05) is 12.7 Å². The van der Waals surface area contributed by atoms with E-state index in [0.29, 0.717) is 11.7 Å². The molecule has 0 saturated carbocycles. The molecule has 0 aliphatic heterocycles. The van der Waals surface area contributed by atoms with Crippen LogP contribution in [-0.4, -0.2) is 26.4 Å². The number of rotatable bonds is 5. The van der Waals surface area contributed by atoms with E-state index in [1.54, 1.807) is 12.1 Å². The van der Waals surface area contributed by atoms with Gasteiger partial charge in [-0.15, -0.1) is 0 Å². The summed E-state index contributed by atoms with van der Waals surface area (Å²) in [6, 6.07) is 4.51. The van der Waals surface area contributed by atoms with Gasteiger partial charge in [-0.05, 0) is 24.6 Å². The predicted molar refractivity (Wildman–Crippen MR) is 75.8 cm³/mol. The Kier molecular flexibility index (Phi) is 4.67. The van der Waals surface area contributed by atoms with Crippen molar-refractivity contribution in [1.82, 2.24) is 9.55 Å². The normalized spacial score (nSPS) is 10.8. The second-order valence-electron chi connectivity index (χ2n) is 4.22. The zero-order valence-electron chi connectivity index (χ0n) is 10.6. The number of imidazole rings is 1. The summed E-state index contributed by atoms with van der Waals surface area (Å²) in [6.07, 6.45) is 1.82. The lowest BCUT2D eigenvalue weighted by Crippen LogP contribution is -2.04. The van der Waals surface area contributed by atoms with E-state index < -0.39 is 11.8 Å². The zero-order chi connectivity index (χ0) is 14.7. The molecule has 1 heterocycles. The summed E-state index contributed by atoms with van der Waals surface area (Å²) in [7, 11) is 0. The summed E-state index contributed by atoms with van der Waals surface area (Å²) in [4.78, 5) is 14.9. The zero-order valence-corrected chi connectivity index (χ0v) is 12.2. The highest BCUT2D eigenvalue weighted by molar-refractivity contribution is 7.99. The van der Waals surface area contributed by atoms with Crippen LogP contribution < -0.4 is 0 Å². The Bertz CT molecular complexity index is 645. The maximum absolute atomic E-state index is 13.1. The van der Waals surface area contributed by atoms with Crippen molar-refractivity contribution < 1.29 is 14.3 Å². The maximum atomic E-state index is 13.1. The summed E-state index contributed by atoms with van der Waals surface area (Å²) in [6.45, 7) is 2.29. The monoisotopic (exact) mass is 314 g/mol. The third-order valence-electron chi connectivity index (χ3n) is 2.52. The van der Waals surface area contributed by atoms with Crippen molar-refractivity contribution in [3.8, 4) is 0 Å². The fourth-order valence-electron chi connectivity index (χ4n) is 1.71. The van der Waals surface area contributed by atoms with Gasteiger partial charge < -0.3 is 9.67 Å². The quantitative estimate of drug-likeness (QED) is 0.861. The van der Waals surface area contributed by atoms with Gasteiger partial charge in [-0.1, -0.05) is 29.4 Å². The van der Waals surface area contributed by atoms with Crippen molar-refractivity contribution in [1.29, 1.82) is 0 Å². The van der Waals surface area contributed by atoms with Crippen LogP contribution in [-0.2, 0) is 11.3 Å². The Balaban J connectivity index is 2.19. The Hall–Kier alpha value is -1.53. The summed E-state index contributed by atoms with van der Waals surface area (Å²) >= 11 is 6.89. The minimum absolute atomic E-state index is 0.0549. The van der Waals surface area contributed by atoms with Crippen LogP contribution in [0.3, 0.4) is 0 Å². The van der Waals surface area contributed by atoms with Crippen LogP contribution in [0.15, 0.2) is 29.6 Å². The number of carbonyl (C=O) groups is 1. The van der Waals surface area contributed by atoms with Crippen molar-refractivity contribution in [3.05, 3.63) is 46.5 Å². The van der Waals surface area contributed by atoms with Crippen LogP contribution in [0.5, 0.6) is 0 Å². The SMILES string of the molecule is Cc1cn(Cc2ccc(F)c(Cl)c2)c(SCC(=O)O)n1. The topological polar surface area (TPSA) is 55.1 Å². The predicted octanol–water partition coefficient (Wildman–Crippen LogP) is 3.21. The van der Waals surface area contributed by atoms with Crippen LogP contribution in [0.4, 0.5) is 4.39 Å². The van der Waals surface area contributed by atoms with E-state index in [4.69, 9.17) is 16.7 Å². The minimum atomic E-state index is -0.896. The van der Waals surface area contributed by atoms with Gasteiger partial charge in [-0.2, -0.15) is 0 Å². The lowest BCUT2D eigenvalue weighted by molar-refractivity contribution is -0.133. The van der Waals surface area contributed by atoms with E-state index in [-0.39, 0.29) is 10.8 Å². The molecule has 0 unspecified atom stereocenters. The molecule has 0 saturated heterocycles. The molecule has 0 radical (unpaired) electrons. The van der Waals surface area contributed by atoms with Gasteiger partial charge in [-0.25, -0.2) is 9.37 Å². The Morgan fingerprint density at radius 2 is 2.30 bits per heavy atom. The molecule has 0 spiro atoms. The Morgan fingerprint density at radius 3 is 2.95 bits per heavy atom. The van der Waals surface area contributed by atoms with Crippen molar-refractivity contribution in [2.75, 3.05) is 5.75 Å². The van der Waals surface area contributed by atoms with Gasteiger partial charge in [0.15, 0.2) is 5.16 Å². The number of hydrogen-bond acceptors (Lipinski definition) is 3. The summed E-state index contributed by atoms with van der Waals surface area (Å²) in [5, 5.41) is 9.40. The molecule has 0 aliphatic rings. The van der Waals surface area contributed by atoms with Gasteiger partial charge in [0.05, 0.1) is 16.5 Å².